The van der Waals surface area contributed by atoms with Crippen LogP contribution in [0.5, 0.6) is 11.5 Å². The Balaban J connectivity index is 1.51. The molecule has 0 amide bonds. The number of fused-ring (bicyclic) bond motifs is 1. The van der Waals surface area contributed by atoms with Crippen LogP contribution in [0.15, 0.2) is 24.4 Å². The molecule has 1 fully saturated rings. The number of halogens is 1. The van der Waals surface area contributed by atoms with E-state index < -0.39 is 5.82 Å². The second-order valence-corrected chi connectivity index (χ2v) is 9.31. The van der Waals surface area contributed by atoms with Crippen molar-refractivity contribution in [1.29, 1.82) is 0 Å². The first kappa shape index (κ1) is 20.7. The van der Waals surface area contributed by atoms with E-state index in [0.29, 0.717) is 30.7 Å². The lowest BCUT2D eigenvalue weighted by molar-refractivity contribution is -0.00778. The van der Waals surface area contributed by atoms with E-state index in [1.807, 2.05) is 18.2 Å². The zero-order valence-corrected chi connectivity index (χ0v) is 18.3. The van der Waals surface area contributed by atoms with E-state index in [9.17, 15) is 4.39 Å². The average Bonchev–Trinajstić information content (AvgIpc) is 2.68. The first-order chi connectivity index (χ1) is 14.1. The molecule has 0 spiro atoms. The highest BCUT2D eigenvalue weighted by Crippen LogP contribution is 2.38. The molecule has 2 N–H and O–H groups in total. The molecule has 2 aliphatic heterocycles. The van der Waals surface area contributed by atoms with Crippen LogP contribution in [-0.4, -0.2) is 52.2 Å². The molecular weight excluding hydrogens is 385 g/mol. The minimum atomic E-state index is -0.461. The van der Waals surface area contributed by atoms with Gasteiger partial charge in [-0.1, -0.05) is 0 Å². The smallest absolute Gasteiger partial charge is 0.229 e. The fraction of sp³-hybridized carbons (Fsp3) is 0.545. The van der Waals surface area contributed by atoms with Gasteiger partial charge in [-0.15, -0.1) is 0 Å². The molecular formula is C22H30FN5O2. The Labute approximate surface area is 177 Å². The summed E-state index contributed by atoms with van der Waals surface area (Å²) in [5.41, 5.74) is 0.739. The number of nitrogens with one attached hydrogen (secondary N) is 2. The standard InChI is InChI=1S/C22H30FN5O2/c1-21(2)11-15(12-22(3,4)28(21)5)25-19-16(23)13-24-20(27-19)26-14-6-7-17-18(10-14)30-9-8-29-17/h6-7,10,13,15H,8-9,11-12H2,1-5H3,(H2,24,25,26,27). The molecule has 3 heterocycles. The highest BCUT2D eigenvalue weighted by Gasteiger charge is 2.43. The third kappa shape index (κ3) is 4.14. The second-order valence-electron chi connectivity index (χ2n) is 9.31. The Hall–Kier alpha value is -2.61. The number of hydrogen-bond donors (Lipinski definition) is 2. The number of aromatic nitrogens is 2. The maximum atomic E-state index is 14.5. The summed E-state index contributed by atoms with van der Waals surface area (Å²) in [6, 6.07) is 5.63. The molecule has 1 aromatic carbocycles. The van der Waals surface area contributed by atoms with E-state index in [1.54, 1.807) is 0 Å². The van der Waals surface area contributed by atoms with Gasteiger partial charge in [0.05, 0.1) is 6.20 Å². The zero-order valence-electron chi connectivity index (χ0n) is 18.3. The van der Waals surface area contributed by atoms with Crippen molar-refractivity contribution in [3.8, 4) is 11.5 Å². The molecule has 1 aromatic heterocycles. The Morgan fingerprint density at radius 1 is 1.07 bits per heavy atom. The van der Waals surface area contributed by atoms with E-state index in [0.717, 1.165) is 18.5 Å². The molecule has 0 saturated carbocycles. The average molecular weight is 416 g/mol. The molecule has 7 nitrogen and oxygen atoms in total. The second kappa shape index (κ2) is 7.58. The van der Waals surface area contributed by atoms with Crippen molar-refractivity contribution < 1.29 is 13.9 Å². The van der Waals surface area contributed by atoms with Gasteiger partial charge in [-0.3, -0.25) is 4.90 Å². The fourth-order valence-corrected chi connectivity index (χ4v) is 4.45. The van der Waals surface area contributed by atoms with Crippen LogP contribution < -0.4 is 20.1 Å². The number of piperidine rings is 1. The summed E-state index contributed by atoms with van der Waals surface area (Å²) in [5.74, 6) is 1.45. The normalized spacial score (nSPS) is 20.6. The third-order valence-corrected chi connectivity index (χ3v) is 6.19. The summed E-state index contributed by atoms with van der Waals surface area (Å²) in [5, 5.41) is 6.45. The van der Waals surface area contributed by atoms with Gasteiger partial charge in [0.2, 0.25) is 5.95 Å². The van der Waals surface area contributed by atoms with Crippen molar-refractivity contribution in [3.63, 3.8) is 0 Å². The molecule has 2 aromatic rings. The summed E-state index contributed by atoms with van der Waals surface area (Å²) < 4.78 is 25.6. The topological polar surface area (TPSA) is 71.5 Å². The number of ether oxygens (including phenoxy) is 2. The first-order valence-electron chi connectivity index (χ1n) is 10.3. The SMILES string of the molecule is CN1C(C)(C)CC(Nc2nc(Nc3ccc4c(c3)OCCO4)ncc2F)CC1(C)C. The summed E-state index contributed by atoms with van der Waals surface area (Å²) >= 11 is 0. The number of likely N-dealkylation sites (tertiary alicyclic amines) is 1. The van der Waals surface area contributed by atoms with E-state index in [1.165, 1.54) is 6.20 Å². The van der Waals surface area contributed by atoms with Gasteiger partial charge in [-0.2, -0.15) is 4.98 Å². The van der Waals surface area contributed by atoms with Gasteiger partial charge >= 0.3 is 0 Å². The zero-order chi connectivity index (χ0) is 21.5. The Bertz CT molecular complexity index is 916. The summed E-state index contributed by atoms with van der Waals surface area (Å²) in [6.45, 7) is 9.92. The van der Waals surface area contributed by atoms with Crippen LogP contribution in [-0.2, 0) is 0 Å². The van der Waals surface area contributed by atoms with Crippen LogP contribution in [0.3, 0.4) is 0 Å². The van der Waals surface area contributed by atoms with Gasteiger partial charge in [0.1, 0.15) is 13.2 Å². The maximum Gasteiger partial charge on any atom is 0.229 e. The van der Waals surface area contributed by atoms with Gasteiger partial charge in [0.25, 0.3) is 0 Å². The molecule has 4 rings (SSSR count). The molecule has 0 unspecified atom stereocenters. The van der Waals surface area contributed by atoms with Crippen molar-refractivity contribution in [3.05, 3.63) is 30.2 Å². The van der Waals surface area contributed by atoms with E-state index in [4.69, 9.17) is 9.47 Å². The predicted molar refractivity (Wildman–Crippen MR) is 115 cm³/mol. The lowest BCUT2D eigenvalue weighted by Crippen LogP contribution is -2.61. The Kier molecular flexibility index (Phi) is 5.22. The molecule has 1 saturated heterocycles. The fourth-order valence-electron chi connectivity index (χ4n) is 4.45. The minimum Gasteiger partial charge on any atom is -0.486 e. The number of benzene rings is 1. The van der Waals surface area contributed by atoms with Crippen LogP contribution in [0.1, 0.15) is 40.5 Å². The van der Waals surface area contributed by atoms with Crippen LogP contribution in [0.4, 0.5) is 21.8 Å². The van der Waals surface area contributed by atoms with Crippen molar-refractivity contribution in [2.75, 3.05) is 30.9 Å². The molecule has 0 radical (unpaired) electrons. The molecule has 0 bridgehead atoms. The summed E-state index contributed by atoms with van der Waals surface area (Å²) in [7, 11) is 2.15. The van der Waals surface area contributed by atoms with Crippen molar-refractivity contribution in [2.24, 2.45) is 0 Å². The van der Waals surface area contributed by atoms with Crippen molar-refractivity contribution >= 4 is 17.5 Å². The van der Waals surface area contributed by atoms with Gasteiger partial charge in [0, 0.05) is 28.9 Å². The van der Waals surface area contributed by atoms with Gasteiger partial charge in [0.15, 0.2) is 23.1 Å². The van der Waals surface area contributed by atoms with E-state index in [-0.39, 0.29) is 22.9 Å². The molecule has 30 heavy (non-hydrogen) atoms. The molecule has 0 atom stereocenters. The lowest BCUT2D eigenvalue weighted by Gasteiger charge is -2.53. The number of anilines is 3. The van der Waals surface area contributed by atoms with E-state index >= 15 is 0 Å². The Morgan fingerprint density at radius 2 is 1.73 bits per heavy atom. The summed E-state index contributed by atoms with van der Waals surface area (Å²) in [6.07, 6.45) is 2.98. The minimum absolute atomic E-state index is 0.00476. The highest BCUT2D eigenvalue weighted by atomic mass is 19.1. The highest BCUT2D eigenvalue weighted by molar-refractivity contribution is 5.60. The molecule has 8 heteroatoms. The molecule has 162 valence electrons. The van der Waals surface area contributed by atoms with Crippen LogP contribution >= 0.6 is 0 Å². The van der Waals surface area contributed by atoms with Gasteiger partial charge in [-0.25, -0.2) is 9.37 Å². The van der Waals surface area contributed by atoms with Crippen LogP contribution in [0.2, 0.25) is 0 Å². The monoisotopic (exact) mass is 415 g/mol. The predicted octanol–water partition coefficient (Wildman–Crippen LogP) is 4.19. The number of hydrogen-bond acceptors (Lipinski definition) is 7. The molecule has 0 aliphatic carbocycles. The Morgan fingerprint density at radius 3 is 2.43 bits per heavy atom. The first-order valence-corrected chi connectivity index (χ1v) is 10.3. The van der Waals surface area contributed by atoms with Gasteiger partial charge in [-0.05, 0) is 59.7 Å². The molecule has 2 aliphatic rings. The van der Waals surface area contributed by atoms with E-state index in [2.05, 4.69) is 60.2 Å². The van der Waals surface area contributed by atoms with Crippen molar-refractivity contribution in [1.82, 2.24) is 14.9 Å². The largest absolute Gasteiger partial charge is 0.486 e. The summed E-state index contributed by atoms with van der Waals surface area (Å²) in [4.78, 5) is 10.9. The van der Waals surface area contributed by atoms with Crippen molar-refractivity contribution in [2.45, 2.75) is 57.7 Å². The van der Waals surface area contributed by atoms with Gasteiger partial charge < -0.3 is 20.1 Å². The third-order valence-electron chi connectivity index (χ3n) is 6.19. The quantitative estimate of drug-likeness (QED) is 0.776. The number of rotatable bonds is 4. The maximum absolute atomic E-state index is 14.5. The van der Waals surface area contributed by atoms with Crippen LogP contribution in [0.25, 0.3) is 0 Å². The van der Waals surface area contributed by atoms with Crippen LogP contribution in [0, 0.1) is 5.82 Å². The number of nitrogens with zero attached hydrogens (tertiary/aromatic N) is 3. The lowest BCUT2D eigenvalue weighted by atomic mass is 9.77.